The Hall–Kier alpha value is -4.64. The molecule has 0 aliphatic carbocycles. The number of anilines is 2. The molecular weight excluding hydrogens is 500 g/mol. The number of nitrogens with one attached hydrogen (secondary N) is 2. The highest BCUT2D eigenvalue weighted by atomic mass is 32.2. The van der Waals surface area contributed by atoms with Crippen LogP contribution in [0.25, 0.3) is 22.2 Å². The molecule has 0 aliphatic heterocycles. The van der Waals surface area contributed by atoms with E-state index in [1.54, 1.807) is 66.9 Å². The van der Waals surface area contributed by atoms with E-state index in [0.717, 1.165) is 17.7 Å². The number of sulfonamides is 1. The van der Waals surface area contributed by atoms with E-state index < -0.39 is 44.4 Å². The zero-order chi connectivity index (χ0) is 26.2. The van der Waals surface area contributed by atoms with E-state index in [1.807, 2.05) is 0 Å². The van der Waals surface area contributed by atoms with Crippen molar-refractivity contribution in [2.75, 3.05) is 10.5 Å². The van der Waals surface area contributed by atoms with Crippen LogP contribution in [0.5, 0.6) is 0 Å². The van der Waals surface area contributed by atoms with E-state index in [9.17, 15) is 17.6 Å². The first-order valence-electron chi connectivity index (χ1n) is 11.0. The molecule has 0 atom stereocenters. The summed E-state index contributed by atoms with van der Waals surface area (Å²) >= 11 is 0. The molecule has 3 aromatic carbocycles. The molecule has 0 saturated carbocycles. The number of pyridine rings is 1. The van der Waals surface area contributed by atoms with Gasteiger partial charge in [-0.05, 0) is 41.5 Å². The Bertz CT molecular complexity index is 1740. The molecule has 2 aromatic heterocycles. The van der Waals surface area contributed by atoms with Gasteiger partial charge in [-0.3, -0.25) is 14.6 Å². The lowest BCUT2D eigenvalue weighted by Crippen LogP contribution is -2.18. The van der Waals surface area contributed by atoms with Crippen molar-refractivity contribution in [1.29, 1.82) is 0 Å². The zero-order valence-electron chi connectivity index (χ0n) is 19.1. The summed E-state index contributed by atoms with van der Waals surface area (Å²) in [7, 11) is -4.06. The normalized spacial score (nSPS) is 11.5. The molecule has 11 heteroatoms. The lowest BCUT2D eigenvalue weighted by atomic mass is 10.0. The van der Waals surface area contributed by atoms with Gasteiger partial charge in [0.2, 0.25) is 15.8 Å². The van der Waals surface area contributed by atoms with Gasteiger partial charge in [0.05, 0.1) is 22.4 Å². The summed E-state index contributed by atoms with van der Waals surface area (Å²) < 4.78 is 57.4. The third kappa shape index (κ3) is 4.89. The number of aromatic nitrogens is 3. The highest BCUT2D eigenvalue weighted by Crippen LogP contribution is 2.29. The van der Waals surface area contributed by atoms with Crippen LogP contribution in [-0.2, 0) is 15.8 Å². The number of nitrogens with zero attached hydrogens (tertiary/aromatic N) is 2. The fraction of sp³-hybridized carbons (Fsp3) is 0.0385. The molecule has 0 unspecified atom stereocenters. The Balaban J connectivity index is 1.50. The predicted octanol–water partition coefficient (Wildman–Crippen LogP) is 4.66. The number of carbonyl (C=O) groups excluding carboxylic acids is 1. The minimum Gasteiger partial charge on any atom is -0.399 e. The molecule has 37 heavy (non-hydrogen) atoms. The highest BCUT2D eigenvalue weighted by molar-refractivity contribution is 7.91. The van der Waals surface area contributed by atoms with Crippen LogP contribution in [0.15, 0.2) is 79.0 Å². The molecule has 8 nitrogen and oxygen atoms in total. The highest BCUT2D eigenvalue weighted by Gasteiger charge is 2.27. The van der Waals surface area contributed by atoms with Crippen LogP contribution < -0.4 is 10.5 Å². The summed E-state index contributed by atoms with van der Waals surface area (Å²) in [5.74, 6) is -3.97. The molecule has 5 aromatic rings. The van der Waals surface area contributed by atoms with E-state index >= 15 is 4.39 Å². The maximum absolute atomic E-state index is 15.4. The van der Waals surface area contributed by atoms with E-state index in [2.05, 4.69) is 19.9 Å². The maximum atomic E-state index is 15.4. The Morgan fingerprint density at radius 2 is 1.70 bits per heavy atom. The van der Waals surface area contributed by atoms with E-state index in [0.29, 0.717) is 16.8 Å². The summed E-state index contributed by atoms with van der Waals surface area (Å²) in [6.45, 7) is 0. The summed E-state index contributed by atoms with van der Waals surface area (Å²) in [4.78, 5) is 17.5. The minimum absolute atomic E-state index is 0.170. The number of carbonyl (C=O) groups is 1. The summed E-state index contributed by atoms with van der Waals surface area (Å²) in [5.41, 5.74) is 6.67. The van der Waals surface area contributed by atoms with Gasteiger partial charge in [0.25, 0.3) is 0 Å². The van der Waals surface area contributed by atoms with E-state index in [-0.39, 0.29) is 16.7 Å². The monoisotopic (exact) mass is 519 g/mol. The van der Waals surface area contributed by atoms with Crippen LogP contribution in [0.4, 0.5) is 20.2 Å². The number of aromatic amines is 1. The number of nitrogens with two attached hydrogens (primary N) is 1. The SMILES string of the molecule is Nc1ccc(-c2cnc3n[nH]c(C(=O)c4c(F)ccc(NS(=O)(=O)Cc5ccccc5)c4F)c3c2)cc1. The first-order valence-corrected chi connectivity index (χ1v) is 12.6. The van der Waals surface area contributed by atoms with Gasteiger partial charge >= 0.3 is 0 Å². The third-order valence-corrected chi connectivity index (χ3v) is 6.91. The van der Waals surface area contributed by atoms with E-state index in [4.69, 9.17) is 5.73 Å². The molecule has 0 spiro atoms. The van der Waals surface area contributed by atoms with Gasteiger partial charge in [0.1, 0.15) is 11.5 Å². The minimum atomic E-state index is -4.06. The number of halogens is 2. The number of hydrogen-bond acceptors (Lipinski definition) is 6. The van der Waals surface area contributed by atoms with Crippen molar-refractivity contribution in [3.8, 4) is 11.1 Å². The third-order valence-electron chi connectivity index (χ3n) is 5.66. The fourth-order valence-electron chi connectivity index (χ4n) is 3.87. The second-order valence-corrected chi connectivity index (χ2v) is 10.00. The molecule has 186 valence electrons. The molecule has 0 amide bonds. The number of H-pyrrole nitrogens is 1. The molecule has 5 rings (SSSR count). The molecule has 0 radical (unpaired) electrons. The van der Waals surface area contributed by atoms with Crippen molar-refractivity contribution in [3.63, 3.8) is 0 Å². The van der Waals surface area contributed by atoms with Gasteiger partial charge in [0, 0.05) is 17.4 Å². The number of ketones is 1. The van der Waals surface area contributed by atoms with Crippen LogP contribution in [0, 0.1) is 11.6 Å². The molecule has 0 aliphatic rings. The number of fused-ring (bicyclic) bond motifs is 1. The summed E-state index contributed by atoms with van der Waals surface area (Å²) in [6.07, 6.45) is 1.55. The average molecular weight is 520 g/mol. The lowest BCUT2D eigenvalue weighted by Gasteiger charge is -2.12. The fourth-order valence-corrected chi connectivity index (χ4v) is 5.06. The first kappa shape index (κ1) is 24.1. The van der Waals surface area contributed by atoms with Gasteiger partial charge in [0.15, 0.2) is 11.5 Å². The zero-order valence-corrected chi connectivity index (χ0v) is 19.9. The molecule has 0 saturated heterocycles. The quantitative estimate of drug-likeness (QED) is 0.212. The molecule has 4 N–H and O–H groups in total. The van der Waals surface area contributed by atoms with Gasteiger partial charge in [-0.2, -0.15) is 5.10 Å². The van der Waals surface area contributed by atoms with Crippen LogP contribution >= 0.6 is 0 Å². The van der Waals surface area contributed by atoms with E-state index in [1.165, 1.54) is 0 Å². The maximum Gasteiger partial charge on any atom is 0.237 e. The Kier molecular flexibility index (Phi) is 6.14. The van der Waals surface area contributed by atoms with Gasteiger partial charge in [-0.25, -0.2) is 22.2 Å². The smallest absolute Gasteiger partial charge is 0.237 e. The van der Waals surface area contributed by atoms with Crippen LogP contribution in [0.3, 0.4) is 0 Å². The largest absolute Gasteiger partial charge is 0.399 e. The van der Waals surface area contributed by atoms with Crippen molar-refractivity contribution in [2.45, 2.75) is 5.75 Å². The van der Waals surface area contributed by atoms with Crippen molar-refractivity contribution in [1.82, 2.24) is 15.2 Å². The Labute approximate surface area is 210 Å². The standard InChI is InChI=1S/C26H19F2N5O3S/c27-20-10-11-21(33-37(35,36)14-15-4-2-1-3-5-15)23(28)22(20)25(34)24-19-12-17(13-30-26(19)32-31-24)16-6-8-18(29)9-7-16/h1-13,33H,14,29H2,(H,30,31,32). The number of rotatable bonds is 7. The first-order chi connectivity index (χ1) is 17.7. The van der Waals surface area contributed by atoms with Crippen molar-refractivity contribution >= 4 is 38.2 Å². The lowest BCUT2D eigenvalue weighted by molar-refractivity contribution is 0.102. The summed E-state index contributed by atoms with van der Waals surface area (Å²) in [6, 6.07) is 18.6. The average Bonchev–Trinajstić information content (AvgIpc) is 3.30. The second-order valence-electron chi connectivity index (χ2n) is 8.28. The van der Waals surface area contributed by atoms with Gasteiger partial charge in [-0.1, -0.05) is 42.5 Å². The van der Waals surface area contributed by atoms with Gasteiger partial charge in [-0.15, -0.1) is 0 Å². The second kappa shape index (κ2) is 9.43. The number of hydrogen-bond donors (Lipinski definition) is 3. The number of benzene rings is 3. The topological polar surface area (TPSA) is 131 Å². The van der Waals surface area contributed by atoms with Crippen LogP contribution in [-0.4, -0.2) is 29.4 Å². The Morgan fingerprint density at radius 1 is 0.973 bits per heavy atom. The van der Waals surface area contributed by atoms with Crippen LogP contribution in [0.1, 0.15) is 21.6 Å². The van der Waals surface area contributed by atoms with Crippen LogP contribution in [0.2, 0.25) is 0 Å². The van der Waals surface area contributed by atoms with Crippen molar-refractivity contribution in [2.24, 2.45) is 0 Å². The molecule has 0 fully saturated rings. The Morgan fingerprint density at radius 3 is 2.43 bits per heavy atom. The predicted molar refractivity (Wildman–Crippen MR) is 136 cm³/mol. The molecular formula is C26H19F2N5O3S. The van der Waals surface area contributed by atoms with Crippen molar-refractivity contribution < 1.29 is 22.0 Å². The van der Waals surface area contributed by atoms with Gasteiger partial charge < -0.3 is 5.73 Å². The van der Waals surface area contributed by atoms with Crippen molar-refractivity contribution in [3.05, 3.63) is 107 Å². The molecule has 0 bridgehead atoms. The summed E-state index contributed by atoms with van der Waals surface area (Å²) in [5, 5.41) is 6.71. The molecule has 2 heterocycles. The number of nitrogen functional groups attached to an aromatic ring is 1.